The van der Waals surface area contributed by atoms with E-state index in [-0.39, 0.29) is 11.6 Å². The smallest absolute Gasteiger partial charge is 0.356 e. The second-order valence-corrected chi connectivity index (χ2v) is 3.57. The van der Waals surface area contributed by atoms with Crippen molar-refractivity contribution < 1.29 is 15.1 Å². The molecule has 1 aromatic heterocycles. The van der Waals surface area contributed by atoms with Gasteiger partial charge in [0.15, 0.2) is 5.69 Å². The predicted octanol–water partition coefficient (Wildman–Crippen LogP) is 2.11. The van der Waals surface area contributed by atoms with Crippen LogP contribution in [0.1, 0.15) is 48.4 Å². The Hall–Kier alpha value is -1.45. The fourth-order valence-electron chi connectivity index (χ4n) is 1.48. The Morgan fingerprint density at radius 3 is 2.43 bits per heavy atom. The Balaban J connectivity index is 3.33. The molecule has 0 spiro atoms. The van der Waals surface area contributed by atoms with Crippen molar-refractivity contribution in [2.75, 3.05) is 0 Å². The molecule has 0 aliphatic carbocycles. The van der Waals surface area contributed by atoms with Crippen molar-refractivity contribution in [2.45, 2.75) is 33.1 Å². The molecule has 0 fully saturated rings. The summed E-state index contributed by atoms with van der Waals surface area (Å²) in [4.78, 5) is 10.9. The summed E-state index contributed by atoms with van der Waals surface area (Å²) in [7, 11) is 0. The fourth-order valence-corrected chi connectivity index (χ4v) is 1.48. The molecule has 4 heteroatoms. The van der Waals surface area contributed by atoms with Gasteiger partial charge >= 0.3 is 5.97 Å². The molecule has 78 valence electrons. The minimum atomic E-state index is -1.09. The van der Waals surface area contributed by atoms with Crippen LogP contribution in [0, 0.1) is 0 Å². The Morgan fingerprint density at radius 1 is 1.57 bits per heavy atom. The molecule has 0 aliphatic rings. The molecule has 14 heavy (non-hydrogen) atoms. The molecule has 0 atom stereocenters. The Bertz CT molecular complexity index is 352. The van der Waals surface area contributed by atoms with Crippen LogP contribution in [0.15, 0.2) is 6.07 Å². The summed E-state index contributed by atoms with van der Waals surface area (Å²) < 4.78 is 0.784. The Kier molecular flexibility index (Phi) is 2.84. The highest BCUT2D eigenvalue weighted by Gasteiger charge is 2.20. The highest BCUT2D eigenvalue weighted by molar-refractivity contribution is 5.87. The minimum Gasteiger partial charge on any atom is -0.476 e. The fraction of sp³-hybridized carbons (Fsp3) is 0.500. The van der Waals surface area contributed by atoms with Crippen molar-refractivity contribution in [3.63, 3.8) is 0 Å². The van der Waals surface area contributed by atoms with Gasteiger partial charge in [0.05, 0.1) is 5.69 Å². The van der Waals surface area contributed by atoms with Crippen LogP contribution in [0.25, 0.3) is 0 Å². The van der Waals surface area contributed by atoms with Crippen molar-refractivity contribution in [1.82, 2.24) is 4.73 Å². The van der Waals surface area contributed by atoms with Gasteiger partial charge in [-0.3, -0.25) is 0 Å². The zero-order valence-corrected chi connectivity index (χ0v) is 8.61. The number of carboxylic acid groups (broad SMARTS) is 1. The summed E-state index contributed by atoms with van der Waals surface area (Å²) >= 11 is 0. The number of hydrogen-bond acceptors (Lipinski definition) is 2. The van der Waals surface area contributed by atoms with Crippen molar-refractivity contribution in [2.24, 2.45) is 0 Å². The van der Waals surface area contributed by atoms with Gasteiger partial charge in [-0.2, -0.15) is 4.73 Å². The molecule has 1 heterocycles. The monoisotopic (exact) mass is 197 g/mol. The SMILES string of the molecule is CCc1cc(C(C)C)n(O)c1C(=O)O. The molecule has 0 saturated carbocycles. The molecule has 2 N–H and O–H groups in total. The van der Waals surface area contributed by atoms with E-state index in [4.69, 9.17) is 5.11 Å². The molecule has 0 bridgehead atoms. The summed E-state index contributed by atoms with van der Waals surface area (Å²) in [5, 5.41) is 18.5. The summed E-state index contributed by atoms with van der Waals surface area (Å²) in [5.74, 6) is -0.977. The number of hydrogen-bond donors (Lipinski definition) is 2. The molecule has 0 radical (unpaired) electrons. The molecule has 1 rings (SSSR count). The lowest BCUT2D eigenvalue weighted by Crippen LogP contribution is -2.10. The molecule has 0 aliphatic heterocycles. The van der Waals surface area contributed by atoms with Gasteiger partial charge < -0.3 is 10.3 Å². The zero-order chi connectivity index (χ0) is 10.9. The number of nitrogens with zero attached hydrogens (tertiary/aromatic N) is 1. The highest BCUT2D eigenvalue weighted by atomic mass is 16.5. The third-order valence-corrected chi connectivity index (χ3v) is 2.26. The molecular weight excluding hydrogens is 182 g/mol. The zero-order valence-electron chi connectivity index (χ0n) is 8.61. The standard InChI is InChI=1S/C10H15NO3/c1-4-7-5-8(6(2)3)11(14)9(7)10(12)13/h5-6,14H,4H2,1-3H3,(H,12,13). The van der Waals surface area contributed by atoms with Crippen LogP contribution >= 0.6 is 0 Å². The van der Waals surface area contributed by atoms with Gasteiger partial charge in [-0.05, 0) is 24.0 Å². The van der Waals surface area contributed by atoms with E-state index in [1.807, 2.05) is 20.8 Å². The second-order valence-electron chi connectivity index (χ2n) is 3.57. The first kappa shape index (κ1) is 10.6. The molecule has 4 nitrogen and oxygen atoms in total. The summed E-state index contributed by atoms with van der Waals surface area (Å²) in [5.41, 5.74) is 1.29. The van der Waals surface area contributed by atoms with Crippen molar-refractivity contribution in [3.05, 3.63) is 23.0 Å². The van der Waals surface area contributed by atoms with Crippen LogP contribution in [-0.2, 0) is 6.42 Å². The quantitative estimate of drug-likeness (QED) is 0.729. The van der Waals surface area contributed by atoms with Crippen molar-refractivity contribution >= 4 is 5.97 Å². The molecular formula is C10H15NO3. The van der Waals surface area contributed by atoms with Crippen LogP contribution in [0.2, 0.25) is 0 Å². The molecule has 0 aromatic carbocycles. The Labute approximate surface area is 82.7 Å². The van der Waals surface area contributed by atoms with Crippen LogP contribution in [0.5, 0.6) is 0 Å². The number of aromatic carboxylic acids is 1. The van der Waals surface area contributed by atoms with Crippen molar-refractivity contribution in [1.29, 1.82) is 0 Å². The van der Waals surface area contributed by atoms with E-state index >= 15 is 0 Å². The Morgan fingerprint density at radius 2 is 2.14 bits per heavy atom. The van der Waals surface area contributed by atoms with Crippen LogP contribution in [0.3, 0.4) is 0 Å². The molecule has 0 unspecified atom stereocenters. The third-order valence-electron chi connectivity index (χ3n) is 2.26. The average molecular weight is 197 g/mol. The predicted molar refractivity (Wildman–Crippen MR) is 52.0 cm³/mol. The number of rotatable bonds is 3. The number of aryl methyl sites for hydroxylation is 1. The van der Waals surface area contributed by atoms with Crippen LogP contribution in [-0.4, -0.2) is 21.0 Å². The maximum absolute atomic E-state index is 10.9. The minimum absolute atomic E-state index is 0.0174. The van der Waals surface area contributed by atoms with E-state index < -0.39 is 5.97 Å². The number of carbonyl (C=O) groups is 1. The largest absolute Gasteiger partial charge is 0.476 e. The normalized spacial score (nSPS) is 10.9. The van der Waals surface area contributed by atoms with Gasteiger partial charge in [0, 0.05) is 0 Å². The van der Waals surface area contributed by atoms with Gasteiger partial charge in [-0.1, -0.05) is 20.8 Å². The van der Waals surface area contributed by atoms with E-state index in [2.05, 4.69) is 0 Å². The lowest BCUT2D eigenvalue weighted by Gasteiger charge is -2.05. The highest BCUT2D eigenvalue weighted by Crippen LogP contribution is 2.21. The topological polar surface area (TPSA) is 62.5 Å². The van der Waals surface area contributed by atoms with Gasteiger partial charge in [0.25, 0.3) is 0 Å². The molecule has 0 saturated heterocycles. The van der Waals surface area contributed by atoms with Crippen LogP contribution in [0.4, 0.5) is 0 Å². The van der Waals surface area contributed by atoms with E-state index in [9.17, 15) is 10.0 Å². The summed E-state index contributed by atoms with van der Waals surface area (Å²) in [6.45, 7) is 5.69. The maximum atomic E-state index is 10.9. The maximum Gasteiger partial charge on any atom is 0.356 e. The number of carboxylic acids is 1. The lowest BCUT2D eigenvalue weighted by molar-refractivity contribution is 0.0637. The van der Waals surface area contributed by atoms with Gasteiger partial charge in [0.1, 0.15) is 0 Å². The van der Waals surface area contributed by atoms with E-state index in [1.165, 1.54) is 0 Å². The summed E-state index contributed by atoms with van der Waals surface area (Å²) in [6.07, 6.45) is 0.606. The lowest BCUT2D eigenvalue weighted by atomic mass is 10.1. The third kappa shape index (κ3) is 1.60. The number of aromatic nitrogens is 1. The summed E-state index contributed by atoms with van der Waals surface area (Å²) in [6, 6.07) is 1.74. The van der Waals surface area contributed by atoms with E-state index in [1.54, 1.807) is 6.07 Å². The van der Waals surface area contributed by atoms with Gasteiger partial charge in [0.2, 0.25) is 0 Å². The molecule has 1 aromatic rings. The van der Waals surface area contributed by atoms with E-state index in [0.717, 1.165) is 4.73 Å². The van der Waals surface area contributed by atoms with Crippen LogP contribution < -0.4 is 0 Å². The average Bonchev–Trinajstić information content (AvgIpc) is 2.42. The first-order valence-corrected chi connectivity index (χ1v) is 4.66. The van der Waals surface area contributed by atoms with E-state index in [0.29, 0.717) is 17.7 Å². The first-order valence-electron chi connectivity index (χ1n) is 4.66. The van der Waals surface area contributed by atoms with Crippen molar-refractivity contribution in [3.8, 4) is 0 Å². The van der Waals surface area contributed by atoms with Gasteiger partial charge in [-0.15, -0.1) is 0 Å². The second kappa shape index (κ2) is 3.74. The first-order chi connectivity index (χ1) is 6.49. The molecule has 0 amide bonds. The van der Waals surface area contributed by atoms with Gasteiger partial charge in [-0.25, -0.2) is 4.79 Å².